The Morgan fingerprint density at radius 3 is 2.44 bits per heavy atom. The Kier molecular flexibility index (Phi) is 4.89. The van der Waals surface area contributed by atoms with Gasteiger partial charge in [0.2, 0.25) is 0 Å². The molecule has 3 aromatic rings. The van der Waals surface area contributed by atoms with Crippen LogP contribution in [-0.2, 0) is 4.79 Å². The summed E-state index contributed by atoms with van der Waals surface area (Å²) in [4.78, 5) is 24.0. The number of fused-ring (bicyclic) bond motifs is 1. The summed E-state index contributed by atoms with van der Waals surface area (Å²) in [6.07, 6.45) is 0. The Morgan fingerprint density at radius 1 is 0.880 bits per heavy atom. The maximum Gasteiger partial charge on any atom is 0.276 e. The predicted octanol–water partition coefficient (Wildman–Crippen LogP) is 2.82. The molecule has 0 radical (unpaired) electrons. The molecule has 0 unspecified atom stereocenters. The van der Waals surface area contributed by atoms with Crippen LogP contribution in [0.1, 0.15) is 10.4 Å². The van der Waals surface area contributed by atoms with Crippen LogP contribution in [0.25, 0.3) is 10.8 Å². The van der Waals surface area contributed by atoms with E-state index in [1.165, 1.54) is 18.2 Å². The molecule has 0 fully saturated rings. The van der Waals surface area contributed by atoms with Crippen molar-refractivity contribution in [3.63, 3.8) is 0 Å². The van der Waals surface area contributed by atoms with Gasteiger partial charge in [0.25, 0.3) is 11.8 Å². The highest BCUT2D eigenvalue weighted by atomic mass is 19.1. The summed E-state index contributed by atoms with van der Waals surface area (Å²) < 4.78 is 18.5. The molecule has 3 rings (SSSR count). The number of hydrazine groups is 1. The fourth-order valence-electron chi connectivity index (χ4n) is 2.36. The lowest BCUT2D eigenvalue weighted by Gasteiger charge is -2.10. The van der Waals surface area contributed by atoms with Gasteiger partial charge in [0.15, 0.2) is 18.2 Å². The van der Waals surface area contributed by atoms with Gasteiger partial charge in [0.05, 0.1) is 0 Å². The molecule has 5 nitrogen and oxygen atoms in total. The Morgan fingerprint density at radius 2 is 1.60 bits per heavy atom. The maximum absolute atomic E-state index is 13.4. The zero-order chi connectivity index (χ0) is 17.6. The van der Waals surface area contributed by atoms with Gasteiger partial charge in [-0.25, -0.2) is 4.39 Å². The summed E-state index contributed by atoms with van der Waals surface area (Å²) >= 11 is 0. The number of nitrogens with one attached hydrogen (secondary N) is 2. The van der Waals surface area contributed by atoms with Gasteiger partial charge < -0.3 is 4.74 Å². The van der Waals surface area contributed by atoms with E-state index in [2.05, 4.69) is 10.9 Å². The number of amides is 2. The second-order valence-electron chi connectivity index (χ2n) is 5.25. The number of benzene rings is 3. The largest absolute Gasteiger partial charge is 0.481 e. The van der Waals surface area contributed by atoms with Crippen LogP contribution in [0.4, 0.5) is 4.39 Å². The molecule has 0 atom stereocenters. The van der Waals surface area contributed by atoms with E-state index in [0.717, 1.165) is 10.8 Å². The minimum atomic E-state index is -0.600. The lowest BCUT2D eigenvalue weighted by Crippen LogP contribution is -2.43. The van der Waals surface area contributed by atoms with E-state index in [4.69, 9.17) is 4.74 Å². The number of rotatable bonds is 4. The lowest BCUT2D eigenvalue weighted by atomic mass is 10.0. The topological polar surface area (TPSA) is 67.4 Å². The first kappa shape index (κ1) is 16.4. The molecule has 0 saturated carbocycles. The maximum atomic E-state index is 13.4. The van der Waals surface area contributed by atoms with Gasteiger partial charge in [-0.2, -0.15) is 0 Å². The van der Waals surface area contributed by atoms with Crippen LogP contribution in [0, 0.1) is 5.82 Å². The summed E-state index contributed by atoms with van der Waals surface area (Å²) in [6, 6.07) is 18.5. The van der Waals surface area contributed by atoms with Crippen LogP contribution >= 0.6 is 0 Å². The third-order valence-electron chi connectivity index (χ3n) is 3.55. The number of carbonyl (C=O) groups is 2. The summed E-state index contributed by atoms with van der Waals surface area (Å²) in [5.74, 6) is -1.64. The monoisotopic (exact) mass is 338 g/mol. The second-order valence-corrected chi connectivity index (χ2v) is 5.25. The van der Waals surface area contributed by atoms with Crippen molar-refractivity contribution < 1.29 is 18.7 Å². The smallest absolute Gasteiger partial charge is 0.276 e. The predicted molar refractivity (Wildman–Crippen MR) is 91.5 cm³/mol. The quantitative estimate of drug-likeness (QED) is 0.719. The molecule has 126 valence electrons. The fourth-order valence-corrected chi connectivity index (χ4v) is 2.36. The molecule has 0 aromatic heterocycles. The molecule has 0 aliphatic heterocycles. The van der Waals surface area contributed by atoms with Crippen molar-refractivity contribution in [1.29, 1.82) is 0 Å². The Bertz CT molecular complexity index is 922. The van der Waals surface area contributed by atoms with Crippen molar-refractivity contribution in [1.82, 2.24) is 10.9 Å². The van der Waals surface area contributed by atoms with E-state index in [-0.39, 0.29) is 5.75 Å². The van der Waals surface area contributed by atoms with Crippen molar-refractivity contribution >= 4 is 22.6 Å². The highest BCUT2D eigenvalue weighted by Gasteiger charge is 2.11. The molecule has 0 aliphatic carbocycles. The second kappa shape index (κ2) is 7.44. The van der Waals surface area contributed by atoms with E-state index < -0.39 is 24.2 Å². The van der Waals surface area contributed by atoms with Crippen molar-refractivity contribution in [2.75, 3.05) is 6.61 Å². The fraction of sp³-hybridized carbons (Fsp3) is 0.0526. The average Bonchev–Trinajstić information content (AvgIpc) is 2.65. The van der Waals surface area contributed by atoms with Gasteiger partial charge in [-0.05, 0) is 29.0 Å². The Hall–Kier alpha value is -3.41. The van der Waals surface area contributed by atoms with E-state index in [1.807, 2.05) is 30.3 Å². The number of hydrogen-bond donors (Lipinski definition) is 2. The molecule has 25 heavy (non-hydrogen) atoms. The molecule has 0 heterocycles. The SMILES string of the molecule is O=C(COc1ccccc1F)NNC(=O)c1cccc2ccccc12. The standard InChI is InChI=1S/C19H15FN2O3/c20-16-10-3-4-11-17(16)25-12-18(23)21-22-19(24)15-9-5-7-13-6-1-2-8-14(13)15/h1-11H,12H2,(H,21,23)(H,22,24). The van der Waals surface area contributed by atoms with Crippen LogP contribution in [0.15, 0.2) is 66.7 Å². The minimum absolute atomic E-state index is 0.0296. The highest BCUT2D eigenvalue weighted by molar-refractivity contribution is 6.07. The van der Waals surface area contributed by atoms with E-state index in [1.54, 1.807) is 18.2 Å². The van der Waals surface area contributed by atoms with Crippen molar-refractivity contribution in [2.24, 2.45) is 0 Å². The van der Waals surface area contributed by atoms with Crippen molar-refractivity contribution in [2.45, 2.75) is 0 Å². The molecule has 0 bridgehead atoms. The van der Waals surface area contributed by atoms with E-state index >= 15 is 0 Å². The number of para-hydroxylation sites is 1. The van der Waals surface area contributed by atoms with Gasteiger partial charge in [-0.3, -0.25) is 20.4 Å². The number of halogens is 1. The van der Waals surface area contributed by atoms with Gasteiger partial charge in [-0.15, -0.1) is 0 Å². The Labute approximate surface area is 143 Å². The molecule has 6 heteroatoms. The molecule has 0 aliphatic rings. The molecule has 0 saturated heterocycles. The number of carbonyl (C=O) groups excluding carboxylic acids is 2. The third kappa shape index (κ3) is 3.92. The zero-order valence-electron chi connectivity index (χ0n) is 13.2. The van der Waals surface area contributed by atoms with E-state index in [9.17, 15) is 14.0 Å². The minimum Gasteiger partial charge on any atom is -0.481 e. The van der Waals surface area contributed by atoms with Crippen molar-refractivity contribution in [3.8, 4) is 5.75 Å². The van der Waals surface area contributed by atoms with Crippen LogP contribution < -0.4 is 15.6 Å². The van der Waals surface area contributed by atoms with Crippen LogP contribution in [0.2, 0.25) is 0 Å². The first-order valence-electron chi connectivity index (χ1n) is 7.59. The van der Waals surface area contributed by atoms with Gasteiger partial charge in [0, 0.05) is 5.56 Å². The third-order valence-corrected chi connectivity index (χ3v) is 3.55. The Balaban J connectivity index is 1.58. The molecule has 2 amide bonds. The van der Waals surface area contributed by atoms with Crippen LogP contribution in [-0.4, -0.2) is 18.4 Å². The first-order valence-corrected chi connectivity index (χ1v) is 7.59. The first-order chi connectivity index (χ1) is 12.1. The highest BCUT2D eigenvalue weighted by Crippen LogP contribution is 2.18. The van der Waals surface area contributed by atoms with Crippen LogP contribution in [0.5, 0.6) is 5.75 Å². The van der Waals surface area contributed by atoms with Gasteiger partial charge in [-0.1, -0.05) is 48.5 Å². The molecule has 0 spiro atoms. The lowest BCUT2D eigenvalue weighted by molar-refractivity contribution is -0.123. The van der Waals surface area contributed by atoms with Crippen LogP contribution in [0.3, 0.4) is 0 Å². The summed E-state index contributed by atoms with van der Waals surface area (Å²) in [5, 5.41) is 1.70. The van der Waals surface area contributed by atoms with Gasteiger partial charge >= 0.3 is 0 Å². The van der Waals surface area contributed by atoms with Gasteiger partial charge in [0.1, 0.15) is 0 Å². The molecular formula is C19H15FN2O3. The normalized spacial score (nSPS) is 10.3. The van der Waals surface area contributed by atoms with E-state index in [0.29, 0.717) is 5.56 Å². The number of ether oxygens (including phenoxy) is 1. The summed E-state index contributed by atoms with van der Waals surface area (Å²) in [6.45, 7) is -0.420. The molecule has 2 N–H and O–H groups in total. The average molecular weight is 338 g/mol. The number of hydrogen-bond acceptors (Lipinski definition) is 3. The summed E-state index contributed by atoms with van der Waals surface area (Å²) in [5.41, 5.74) is 5.02. The molecule has 3 aromatic carbocycles. The summed E-state index contributed by atoms with van der Waals surface area (Å²) in [7, 11) is 0. The molecular weight excluding hydrogens is 323 g/mol. The van der Waals surface area contributed by atoms with Crippen molar-refractivity contribution in [3.05, 3.63) is 78.1 Å². The zero-order valence-corrected chi connectivity index (χ0v) is 13.2.